The van der Waals surface area contributed by atoms with Gasteiger partial charge in [0.1, 0.15) is 5.82 Å². The number of H-pyrrole nitrogens is 1. The summed E-state index contributed by atoms with van der Waals surface area (Å²) in [6, 6.07) is 13.9. The van der Waals surface area contributed by atoms with Crippen LogP contribution in [0, 0.1) is 0 Å². The van der Waals surface area contributed by atoms with Gasteiger partial charge in [0.2, 0.25) is 0 Å². The summed E-state index contributed by atoms with van der Waals surface area (Å²) in [5.41, 5.74) is 3.16. The smallest absolute Gasteiger partial charge is 0.282 e. The number of thioether (sulfide) groups is 1. The van der Waals surface area contributed by atoms with Crippen molar-refractivity contribution in [1.29, 1.82) is 0 Å². The van der Waals surface area contributed by atoms with Gasteiger partial charge in [-0.3, -0.25) is 9.36 Å². The van der Waals surface area contributed by atoms with Gasteiger partial charge in [0, 0.05) is 25.1 Å². The fourth-order valence-corrected chi connectivity index (χ4v) is 4.10. The van der Waals surface area contributed by atoms with Gasteiger partial charge in [0.15, 0.2) is 22.0 Å². The molecule has 0 unspecified atom stereocenters. The molecule has 0 saturated carbocycles. The Balaban J connectivity index is 1.47. The summed E-state index contributed by atoms with van der Waals surface area (Å²) >= 11 is 1.44. The molecule has 30 heavy (non-hydrogen) atoms. The minimum Gasteiger partial charge on any atom is -0.340 e. The fourth-order valence-electron chi connectivity index (χ4n) is 3.22. The molecule has 0 radical (unpaired) electrons. The highest BCUT2D eigenvalue weighted by Crippen LogP contribution is 2.21. The lowest BCUT2D eigenvalue weighted by Gasteiger charge is -2.12. The van der Waals surface area contributed by atoms with E-state index >= 15 is 0 Å². The molecule has 4 heterocycles. The average Bonchev–Trinajstić information content (AvgIpc) is 3.21. The molecule has 8 nitrogen and oxygen atoms in total. The summed E-state index contributed by atoms with van der Waals surface area (Å²) in [6.45, 7) is 0.506. The number of benzene rings is 1. The Morgan fingerprint density at radius 1 is 0.900 bits per heavy atom. The zero-order chi connectivity index (χ0) is 20.3. The van der Waals surface area contributed by atoms with Gasteiger partial charge in [0.25, 0.3) is 5.56 Å². The second-order valence-electron chi connectivity index (χ2n) is 6.66. The average molecular weight is 415 g/mol. The van der Waals surface area contributed by atoms with Crippen molar-refractivity contribution >= 4 is 34.1 Å². The van der Waals surface area contributed by atoms with Gasteiger partial charge in [0.05, 0.1) is 11.3 Å². The summed E-state index contributed by atoms with van der Waals surface area (Å²) < 4.78 is 1.68. The Bertz CT molecular complexity index is 1350. The Kier molecular flexibility index (Phi) is 4.94. The maximum absolute atomic E-state index is 13.1. The van der Waals surface area contributed by atoms with E-state index in [9.17, 15) is 4.79 Å². The van der Waals surface area contributed by atoms with Crippen LogP contribution in [0.25, 0.3) is 22.3 Å². The first-order valence-electron chi connectivity index (χ1n) is 9.46. The van der Waals surface area contributed by atoms with Crippen molar-refractivity contribution in [2.45, 2.75) is 23.9 Å². The molecule has 5 aromatic rings. The van der Waals surface area contributed by atoms with E-state index in [0.29, 0.717) is 28.7 Å². The number of aromatic amines is 1. The number of pyridine rings is 1. The van der Waals surface area contributed by atoms with E-state index in [1.54, 1.807) is 17.0 Å². The monoisotopic (exact) mass is 415 g/mol. The van der Waals surface area contributed by atoms with Crippen LogP contribution in [-0.4, -0.2) is 34.5 Å². The quantitative estimate of drug-likeness (QED) is 0.336. The molecule has 0 bridgehead atoms. The number of hydrogen-bond acceptors (Lipinski definition) is 7. The summed E-state index contributed by atoms with van der Waals surface area (Å²) in [4.78, 5) is 38.1. The van der Waals surface area contributed by atoms with Gasteiger partial charge in [-0.25, -0.2) is 24.9 Å². The molecular weight excluding hydrogens is 398 g/mol. The summed E-state index contributed by atoms with van der Waals surface area (Å²) in [5.74, 6) is 1.30. The second-order valence-corrected chi connectivity index (χ2v) is 7.60. The van der Waals surface area contributed by atoms with Gasteiger partial charge in [-0.2, -0.15) is 0 Å². The van der Waals surface area contributed by atoms with Crippen LogP contribution >= 0.6 is 11.8 Å². The van der Waals surface area contributed by atoms with E-state index in [1.165, 1.54) is 18.0 Å². The number of rotatable bonds is 6. The molecule has 0 spiro atoms. The van der Waals surface area contributed by atoms with E-state index in [-0.39, 0.29) is 11.1 Å². The van der Waals surface area contributed by atoms with Crippen molar-refractivity contribution in [3.05, 3.63) is 82.8 Å². The fraction of sp³-hybridized carbons (Fsp3) is 0.143. The molecule has 0 amide bonds. The summed E-state index contributed by atoms with van der Waals surface area (Å²) in [5, 5.41) is 0.595. The first-order chi connectivity index (χ1) is 14.8. The lowest BCUT2D eigenvalue weighted by Crippen LogP contribution is -2.25. The molecule has 5 rings (SSSR count). The Labute approximate surface area is 175 Å². The van der Waals surface area contributed by atoms with E-state index in [0.717, 1.165) is 23.3 Å². The van der Waals surface area contributed by atoms with Crippen LogP contribution < -0.4 is 5.56 Å². The van der Waals surface area contributed by atoms with Gasteiger partial charge in [-0.15, -0.1) is 0 Å². The maximum atomic E-state index is 13.1. The molecular formula is C21H17N7OS. The minimum absolute atomic E-state index is 0.183. The Hall–Kier alpha value is -3.59. The molecule has 1 aromatic carbocycles. The molecule has 0 fully saturated rings. The highest BCUT2D eigenvalue weighted by atomic mass is 32.2. The molecule has 148 valence electrons. The summed E-state index contributed by atoms with van der Waals surface area (Å²) in [6.07, 6.45) is 5.49. The van der Waals surface area contributed by atoms with Crippen molar-refractivity contribution < 1.29 is 0 Å². The van der Waals surface area contributed by atoms with Crippen molar-refractivity contribution in [2.24, 2.45) is 0 Å². The van der Waals surface area contributed by atoms with Crippen LogP contribution in [0.15, 0.2) is 71.0 Å². The first-order valence-corrected chi connectivity index (χ1v) is 10.4. The number of aryl methyl sites for hydroxylation is 1. The number of aromatic nitrogens is 7. The Morgan fingerprint density at radius 2 is 1.73 bits per heavy atom. The SMILES string of the molecule is O=c1c2nccnc2nc(SCc2nc3ncccc3[nH]2)n1CCc1ccccc1. The van der Waals surface area contributed by atoms with Crippen molar-refractivity contribution in [2.75, 3.05) is 0 Å². The molecule has 9 heteroatoms. The largest absolute Gasteiger partial charge is 0.340 e. The minimum atomic E-state index is -0.183. The highest BCUT2D eigenvalue weighted by molar-refractivity contribution is 7.98. The summed E-state index contributed by atoms with van der Waals surface area (Å²) in [7, 11) is 0. The van der Waals surface area contributed by atoms with Crippen molar-refractivity contribution in [3.8, 4) is 0 Å². The third kappa shape index (κ3) is 3.67. The standard InChI is InChI=1S/C21H17N7OS/c29-20-17-19(24-11-10-22-17)27-21(28(20)12-8-14-5-2-1-3-6-14)30-13-16-25-15-7-4-9-23-18(15)26-16/h1-7,9-11H,8,12-13H2,(H,23,25,26). The predicted octanol–water partition coefficient (Wildman–Crippen LogP) is 2.99. The number of hydrogen-bond donors (Lipinski definition) is 1. The number of imidazole rings is 1. The highest BCUT2D eigenvalue weighted by Gasteiger charge is 2.14. The van der Waals surface area contributed by atoms with E-state index in [1.807, 2.05) is 42.5 Å². The molecule has 0 aliphatic heterocycles. The molecule has 0 saturated heterocycles. The number of fused-ring (bicyclic) bond motifs is 2. The van der Waals surface area contributed by atoms with Crippen molar-refractivity contribution in [3.63, 3.8) is 0 Å². The van der Waals surface area contributed by atoms with Gasteiger partial charge in [-0.05, 0) is 24.1 Å². The molecule has 0 aliphatic carbocycles. The predicted molar refractivity (Wildman–Crippen MR) is 115 cm³/mol. The molecule has 1 N–H and O–H groups in total. The number of nitrogens with zero attached hydrogens (tertiary/aromatic N) is 6. The third-order valence-corrected chi connectivity index (χ3v) is 5.66. The zero-order valence-electron chi connectivity index (χ0n) is 15.9. The normalized spacial score (nSPS) is 11.3. The molecule has 0 atom stereocenters. The van der Waals surface area contributed by atoms with Crippen LogP contribution in [0.1, 0.15) is 11.4 Å². The van der Waals surface area contributed by atoms with Gasteiger partial charge >= 0.3 is 0 Å². The molecule has 0 aliphatic rings. The van der Waals surface area contributed by atoms with Crippen LogP contribution in [0.4, 0.5) is 0 Å². The first kappa shape index (κ1) is 18.4. The molecule has 4 aromatic heterocycles. The lowest BCUT2D eigenvalue weighted by molar-refractivity contribution is 0.592. The lowest BCUT2D eigenvalue weighted by atomic mass is 10.1. The van der Waals surface area contributed by atoms with Gasteiger partial charge < -0.3 is 4.98 Å². The third-order valence-electron chi connectivity index (χ3n) is 4.67. The second kappa shape index (κ2) is 8.03. The van der Waals surface area contributed by atoms with E-state index in [4.69, 9.17) is 0 Å². The van der Waals surface area contributed by atoms with Crippen LogP contribution in [0.2, 0.25) is 0 Å². The topological polar surface area (TPSA) is 102 Å². The van der Waals surface area contributed by atoms with Crippen LogP contribution in [0.5, 0.6) is 0 Å². The van der Waals surface area contributed by atoms with Crippen LogP contribution in [-0.2, 0) is 18.7 Å². The van der Waals surface area contributed by atoms with E-state index < -0.39 is 0 Å². The Morgan fingerprint density at radius 3 is 2.60 bits per heavy atom. The van der Waals surface area contributed by atoms with Gasteiger partial charge in [-0.1, -0.05) is 42.1 Å². The maximum Gasteiger partial charge on any atom is 0.282 e. The van der Waals surface area contributed by atoms with Crippen LogP contribution in [0.3, 0.4) is 0 Å². The zero-order valence-corrected chi connectivity index (χ0v) is 16.7. The number of nitrogens with one attached hydrogen (secondary N) is 1. The van der Waals surface area contributed by atoms with Crippen molar-refractivity contribution in [1.82, 2.24) is 34.5 Å². The van der Waals surface area contributed by atoms with E-state index in [2.05, 4.69) is 29.9 Å².